The summed E-state index contributed by atoms with van der Waals surface area (Å²) >= 11 is 0. The molecular weight excluding hydrogens is 256 g/mol. The van der Waals surface area contributed by atoms with Crippen LogP contribution in [0.5, 0.6) is 5.75 Å². The van der Waals surface area contributed by atoms with E-state index < -0.39 is 10.0 Å². The molecule has 0 fully saturated rings. The average molecular weight is 268 g/mol. The summed E-state index contributed by atoms with van der Waals surface area (Å²) in [7, 11) is -2.24. The van der Waals surface area contributed by atoms with E-state index >= 15 is 0 Å². The Morgan fingerprint density at radius 1 is 1.44 bits per heavy atom. The monoisotopic (exact) mass is 268 g/mol. The highest BCUT2D eigenvalue weighted by atomic mass is 32.2. The maximum absolute atomic E-state index is 11.9. The molecule has 0 aliphatic rings. The van der Waals surface area contributed by atoms with Crippen LogP contribution in [0.2, 0.25) is 0 Å². The minimum absolute atomic E-state index is 0.0373. The third-order valence-electron chi connectivity index (χ3n) is 2.27. The molecule has 0 aliphatic carbocycles. The number of nitrogens with zero attached hydrogens (tertiary/aromatic N) is 1. The van der Waals surface area contributed by atoms with Crippen molar-refractivity contribution in [2.24, 2.45) is 0 Å². The first-order valence-electron chi connectivity index (χ1n) is 4.97. The molecule has 1 aromatic carbocycles. The van der Waals surface area contributed by atoms with Gasteiger partial charge in [0.15, 0.2) is 5.03 Å². The lowest BCUT2D eigenvalue weighted by Crippen LogP contribution is -2.14. The number of sulfonamides is 1. The van der Waals surface area contributed by atoms with Gasteiger partial charge in [0.2, 0.25) is 0 Å². The molecule has 2 aromatic rings. The minimum atomic E-state index is -3.72. The van der Waals surface area contributed by atoms with Gasteiger partial charge in [-0.05, 0) is 12.1 Å². The first kappa shape index (κ1) is 12.2. The topological polar surface area (TPSA) is 110 Å². The quantitative estimate of drug-likeness (QED) is 0.710. The minimum Gasteiger partial charge on any atom is -0.497 e. The van der Waals surface area contributed by atoms with E-state index in [1.807, 2.05) is 0 Å². The Morgan fingerprint density at radius 2 is 2.22 bits per heavy atom. The summed E-state index contributed by atoms with van der Waals surface area (Å²) in [4.78, 5) is 6.17. The van der Waals surface area contributed by atoms with E-state index in [0.717, 1.165) is 0 Å². The molecule has 0 unspecified atom stereocenters. The number of anilines is 2. The van der Waals surface area contributed by atoms with Gasteiger partial charge in [-0.3, -0.25) is 4.72 Å². The second-order valence-corrected chi connectivity index (χ2v) is 5.13. The molecule has 7 nitrogen and oxygen atoms in total. The van der Waals surface area contributed by atoms with Gasteiger partial charge < -0.3 is 15.5 Å². The van der Waals surface area contributed by atoms with Crippen molar-refractivity contribution in [1.82, 2.24) is 9.97 Å². The summed E-state index contributed by atoms with van der Waals surface area (Å²) in [5.74, 6) is 0.506. The fourth-order valence-corrected chi connectivity index (χ4v) is 2.32. The fourth-order valence-electron chi connectivity index (χ4n) is 1.34. The molecule has 2 rings (SSSR count). The Labute approximate surface area is 104 Å². The summed E-state index contributed by atoms with van der Waals surface area (Å²) in [6, 6.07) is 4.70. The molecule has 0 saturated heterocycles. The highest BCUT2D eigenvalue weighted by Gasteiger charge is 2.17. The van der Waals surface area contributed by atoms with Crippen LogP contribution in [0.15, 0.2) is 35.7 Å². The van der Waals surface area contributed by atoms with Crippen LogP contribution in [0.3, 0.4) is 0 Å². The number of imidazole rings is 1. The number of nitrogens with two attached hydrogens (primary N) is 1. The van der Waals surface area contributed by atoms with Crippen LogP contribution in [0, 0.1) is 0 Å². The van der Waals surface area contributed by atoms with Gasteiger partial charge in [0.05, 0.1) is 31.0 Å². The zero-order valence-corrected chi connectivity index (χ0v) is 10.4. The van der Waals surface area contributed by atoms with Crippen LogP contribution in [0.25, 0.3) is 0 Å². The van der Waals surface area contributed by atoms with Crippen molar-refractivity contribution in [3.63, 3.8) is 0 Å². The predicted molar refractivity (Wildman–Crippen MR) is 66.8 cm³/mol. The van der Waals surface area contributed by atoms with Crippen LogP contribution in [0.4, 0.5) is 11.4 Å². The largest absolute Gasteiger partial charge is 0.497 e. The number of hydrogen-bond donors (Lipinski definition) is 3. The van der Waals surface area contributed by atoms with Gasteiger partial charge in [0.25, 0.3) is 10.0 Å². The van der Waals surface area contributed by atoms with Crippen molar-refractivity contribution in [2.75, 3.05) is 17.6 Å². The van der Waals surface area contributed by atoms with Gasteiger partial charge in [-0.25, -0.2) is 4.98 Å². The predicted octanol–water partition coefficient (Wildman–Crippen LogP) is 0.801. The Kier molecular flexibility index (Phi) is 3.11. The van der Waals surface area contributed by atoms with Crippen LogP contribution in [0.1, 0.15) is 0 Å². The molecule has 0 atom stereocenters. The molecule has 1 heterocycles. The third kappa shape index (κ3) is 2.38. The number of aromatic nitrogens is 2. The third-order valence-corrected chi connectivity index (χ3v) is 3.56. The number of nitrogen functional groups attached to an aromatic ring is 1. The van der Waals surface area contributed by atoms with E-state index in [4.69, 9.17) is 10.5 Å². The Hall–Kier alpha value is -2.22. The highest BCUT2D eigenvalue weighted by molar-refractivity contribution is 7.92. The van der Waals surface area contributed by atoms with Crippen molar-refractivity contribution in [3.8, 4) is 5.75 Å². The van der Waals surface area contributed by atoms with Crippen molar-refractivity contribution in [1.29, 1.82) is 0 Å². The summed E-state index contributed by atoms with van der Waals surface area (Å²) in [5.41, 5.74) is 6.25. The summed E-state index contributed by atoms with van der Waals surface area (Å²) < 4.78 is 31.2. The van der Waals surface area contributed by atoms with E-state index in [1.54, 1.807) is 12.1 Å². The zero-order chi connectivity index (χ0) is 13.2. The number of H-pyrrole nitrogens is 1. The number of methoxy groups -OCH3 is 1. The van der Waals surface area contributed by atoms with Crippen LogP contribution in [-0.2, 0) is 10.0 Å². The molecule has 96 valence electrons. The molecule has 0 amide bonds. The number of hydrogen-bond acceptors (Lipinski definition) is 5. The fraction of sp³-hybridized carbons (Fsp3) is 0.100. The maximum atomic E-state index is 11.9. The maximum Gasteiger partial charge on any atom is 0.279 e. The van der Waals surface area contributed by atoms with E-state index in [1.165, 1.54) is 25.7 Å². The van der Waals surface area contributed by atoms with E-state index in [-0.39, 0.29) is 10.7 Å². The zero-order valence-electron chi connectivity index (χ0n) is 9.54. The standard InChI is InChI=1S/C10H12N4O3S/c1-17-7-2-3-8(11)9(4-7)14-18(15,16)10-5-12-6-13-10/h2-6,14H,11H2,1H3,(H,12,13). The van der Waals surface area contributed by atoms with Crippen molar-refractivity contribution in [2.45, 2.75) is 5.03 Å². The first-order valence-corrected chi connectivity index (χ1v) is 6.46. The molecule has 0 saturated carbocycles. The molecule has 0 radical (unpaired) electrons. The lowest BCUT2D eigenvalue weighted by atomic mass is 10.2. The van der Waals surface area contributed by atoms with Gasteiger partial charge in [0, 0.05) is 6.07 Å². The van der Waals surface area contributed by atoms with Gasteiger partial charge in [-0.1, -0.05) is 0 Å². The van der Waals surface area contributed by atoms with Gasteiger partial charge >= 0.3 is 0 Å². The molecule has 4 N–H and O–H groups in total. The number of nitrogens with one attached hydrogen (secondary N) is 2. The summed E-state index contributed by atoms with van der Waals surface area (Å²) in [6.45, 7) is 0. The van der Waals surface area contributed by atoms with Crippen LogP contribution in [-0.4, -0.2) is 25.5 Å². The van der Waals surface area contributed by atoms with Gasteiger partial charge in [-0.2, -0.15) is 8.42 Å². The molecular formula is C10H12N4O3S. The van der Waals surface area contributed by atoms with E-state index in [2.05, 4.69) is 14.7 Å². The van der Waals surface area contributed by atoms with E-state index in [9.17, 15) is 8.42 Å². The normalized spacial score (nSPS) is 11.2. The van der Waals surface area contributed by atoms with Gasteiger partial charge in [0.1, 0.15) is 5.75 Å². The Balaban J connectivity index is 2.35. The van der Waals surface area contributed by atoms with Crippen molar-refractivity contribution < 1.29 is 13.2 Å². The smallest absolute Gasteiger partial charge is 0.279 e. The average Bonchev–Trinajstić information content (AvgIpc) is 2.86. The van der Waals surface area contributed by atoms with Crippen molar-refractivity contribution >= 4 is 21.4 Å². The molecule has 0 aliphatic heterocycles. The Bertz CT molecular complexity index is 637. The summed E-state index contributed by atoms with van der Waals surface area (Å²) in [5, 5.41) is -0.0373. The summed E-state index contributed by atoms with van der Waals surface area (Å²) in [6.07, 6.45) is 2.49. The second kappa shape index (κ2) is 4.57. The SMILES string of the molecule is COc1ccc(N)c(NS(=O)(=O)c2cnc[nH]2)c1. The molecule has 0 bridgehead atoms. The highest BCUT2D eigenvalue weighted by Crippen LogP contribution is 2.26. The number of ether oxygens (including phenoxy) is 1. The van der Waals surface area contributed by atoms with Crippen LogP contribution < -0.4 is 15.2 Å². The lowest BCUT2D eigenvalue weighted by Gasteiger charge is -2.10. The molecule has 1 aromatic heterocycles. The number of aromatic amines is 1. The molecule has 8 heteroatoms. The van der Waals surface area contributed by atoms with Gasteiger partial charge in [-0.15, -0.1) is 0 Å². The van der Waals surface area contributed by atoms with E-state index in [0.29, 0.717) is 11.4 Å². The number of rotatable bonds is 4. The second-order valence-electron chi connectivity index (χ2n) is 3.47. The van der Waals surface area contributed by atoms with Crippen molar-refractivity contribution in [3.05, 3.63) is 30.7 Å². The molecule has 18 heavy (non-hydrogen) atoms. The Morgan fingerprint density at radius 3 is 2.83 bits per heavy atom. The lowest BCUT2D eigenvalue weighted by molar-refractivity contribution is 0.415. The molecule has 0 spiro atoms. The first-order chi connectivity index (χ1) is 8.53. The van der Waals surface area contributed by atoms with Crippen LogP contribution >= 0.6 is 0 Å². The number of benzene rings is 1.